The van der Waals surface area contributed by atoms with Crippen LogP contribution < -0.4 is 4.74 Å². The number of hydrogen-bond acceptors (Lipinski definition) is 4. The first-order valence-corrected chi connectivity index (χ1v) is 6.45. The molecule has 0 radical (unpaired) electrons. The van der Waals surface area contributed by atoms with E-state index in [1.807, 2.05) is 6.92 Å². The summed E-state index contributed by atoms with van der Waals surface area (Å²) in [6.45, 7) is 6.58. The molecule has 0 N–H and O–H groups in total. The second-order valence-corrected chi connectivity index (χ2v) is 5.54. The van der Waals surface area contributed by atoms with E-state index < -0.39 is 0 Å². The standard InChI is InChI=1S/C12H13ClN2OS/c1-7-4-5-8(2)11(9(7)3)16-6-10-14-15-12(13)17-10/h4-5H,6H2,1-3H3. The minimum atomic E-state index is 0.412. The third-order valence-electron chi connectivity index (χ3n) is 2.66. The molecule has 0 aliphatic carbocycles. The van der Waals surface area contributed by atoms with Crippen LogP contribution in [0.5, 0.6) is 5.75 Å². The minimum Gasteiger partial charge on any atom is -0.486 e. The van der Waals surface area contributed by atoms with Gasteiger partial charge in [0.15, 0.2) is 5.01 Å². The minimum absolute atomic E-state index is 0.412. The Hall–Kier alpha value is -1.13. The summed E-state index contributed by atoms with van der Waals surface area (Å²) >= 11 is 7.06. The van der Waals surface area contributed by atoms with E-state index in [1.54, 1.807) is 0 Å². The highest BCUT2D eigenvalue weighted by molar-refractivity contribution is 7.15. The summed E-state index contributed by atoms with van der Waals surface area (Å²) in [7, 11) is 0. The molecule has 17 heavy (non-hydrogen) atoms. The fourth-order valence-electron chi connectivity index (χ4n) is 1.57. The Balaban J connectivity index is 2.16. The number of halogens is 1. The maximum atomic E-state index is 5.80. The van der Waals surface area contributed by atoms with Crippen LogP contribution in [0, 0.1) is 20.8 Å². The first-order chi connectivity index (χ1) is 8.08. The fraction of sp³-hybridized carbons (Fsp3) is 0.333. The van der Waals surface area contributed by atoms with Gasteiger partial charge in [0.25, 0.3) is 0 Å². The van der Waals surface area contributed by atoms with E-state index in [9.17, 15) is 0 Å². The number of nitrogens with zero attached hydrogens (tertiary/aromatic N) is 2. The van der Waals surface area contributed by atoms with Crippen molar-refractivity contribution in [2.45, 2.75) is 27.4 Å². The number of aryl methyl sites for hydroxylation is 2. The Bertz CT molecular complexity index is 539. The predicted octanol–water partition coefficient (Wildman–Crippen LogP) is 3.70. The lowest BCUT2D eigenvalue weighted by atomic mass is 10.1. The Morgan fingerprint density at radius 1 is 1.18 bits per heavy atom. The van der Waals surface area contributed by atoms with Crippen molar-refractivity contribution in [2.75, 3.05) is 0 Å². The van der Waals surface area contributed by atoms with E-state index >= 15 is 0 Å². The van der Waals surface area contributed by atoms with Gasteiger partial charge in [0, 0.05) is 0 Å². The molecule has 0 bridgehead atoms. The molecule has 0 aliphatic rings. The molecule has 0 unspecified atom stereocenters. The van der Waals surface area contributed by atoms with Gasteiger partial charge in [0.2, 0.25) is 4.47 Å². The van der Waals surface area contributed by atoms with E-state index in [2.05, 4.69) is 36.2 Å². The van der Waals surface area contributed by atoms with Gasteiger partial charge in [0.1, 0.15) is 12.4 Å². The molecule has 3 nitrogen and oxygen atoms in total. The molecule has 0 fully saturated rings. The highest BCUT2D eigenvalue weighted by atomic mass is 35.5. The maximum absolute atomic E-state index is 5.80. The lowest BCUT2D eigenvalue weighted by molar-refractivity contribution is 0.300. The van der Waals surface area contributed by atoms with E-state index in [0.717, 1.165) is 16.3 Å². The van der Waals surface area contributed by atoms with Gasteiger partial charge >= 0.3 is 0 Å². The van der Waals surface area contributed by atoms with Crippen molar-refractivity contribution in [1.29, 1.82) is 0 Å². The first-order valence-electron chi connectivity index (χ1n) is 5.25. The third-order valence-corrected chi connectivity index (χ3v) is 3.65. The van der Waals surface area contributed by atoms with Gasteiger partial charge < -0.3 is 4.74 Å². The van der Waals surface area contributed by atoms with Crippen LogP contribution in [0.15, 0.2) is 12.1 Å². The van der Waals surface area contributed by atoms with Crippen molar-refractivity contribution in [3.8, 4) is 5.75 Å². The molecule has 1 heterocycles. The number of rotatable bonds is 3. The van der Waals surface area contributed by atoms with Gasteiger partial charge in [-0.15, -0.1) is 10.2 Å². The van der Waals surface area contributed by atoms with Crippen molar-refractivity contribution >= 4 is 22.9 Å². The van der Waals surface area contributed by atoms with Gasteiger partial charge in [-0.2, -0.15) is 0 Å². The SMILES string of the molecule is Cc1ccc(C)c(OCc2nnc(Cl)s2)c1C. The molecular weight excluding hydrogens is 256 g/mol. The van der Waals surface area contributed by atoms with Crippen molar-refractivity contribution < 1.29 is 4.74 Å². The molecule has 0 atom stereocenters. The average Bonchev–Trinajstić information content (AvgIpc) is 2.70. The molecule has 0 aliphatic heterocycles. The number of benzene rings is 1. The largest absolute Gasteiger partial charge is 0.486 e. The molecule has 5 heteroatoms. The van der Waals surface area contributed by atoms with Crippen LogP contribution in [0.4, 0.5) is 0 Å². The fourth-order valence-corrected chi connectivity index (χ4v) is 2.35. The quantitative estimate of drug-likeness (QED) is 0.851. The van der Waals surface area contributed by atoms with E-state index in [-0.39, 0.29) is 0 Å². The highest BCUT2D eigenvalue weighted by Crippen LogP contribution is 2.27. The predicted molar refractivity (Wildman–Crippen MR) is 69.9 cm³/mol. The summed E-state index contributed by atoms with van der Waals surface area (Å²) < 4.78 is 6.24. The topological polar surface area (TPSA) is 35.0 Å². The summed E-state index contributed by atoms with van der Waals surface area (Å²) in [5.74, 6) is 0.927. The monoisotopic (exact) mass is 268 g/mol. The number of ether oxygens (including phenoxy) is 1. The molecule has 0 saturated heterocycles. The second-order valence-electron chi connectivity index (χ2n) is 3.89. The van der Waals surface area contributed by atoms with Crippen molar-refractivity contribution in [3.05, 3.63) is 38.3 Å². The van der Waals surface area contributed by atoms with Crippen LogP contribution in [0.3, 0.4) is 0 Å². The molecule has 1 aromatic carbocycles. The van der Waals surface area contributed by atoms with Crippen molar-refractivity contribution in [3.63, 3.8) is 0 Å². The van der Waals surface area contributed by atoms with Crippen molar-refractivity contribution in [1.82, 2.24) is 10.2 Å². The molecule has 0 amide bonds. The summed E-state index contributed by atoms with van der Waals surface area (Å²) in [5, 5.41) is 8.46. The number of hydrogen-bond donors (Lipinski definition) is 0. The van der Waals surface area contributed by atoms with Crippen LogP contribution >= 0.6 is 22.9 Å². The smallest absolute Gasteiger partial charge is 0.207 e. The summed E-state index contributed by atoms with van der Waals surface area (Å²) in [6, 6.07) is 4.16. The molecule has 2 aromatic rings. The summed E-state index contributed by atoms with van der Waals surface area (Å²) in [5.41, 5.74) is 3.52. The highest BCUT2D eigenvalue weighted by Gasteiger charge is 2.08. The zero-order valence-corrected chi connectivity index (χ0v) is 11.5. The van der Waals surface area contributed by atoms with Crippen LogP contribution in [0.1, 0.15) is 21.7 Å². The van der Waals surface area contributed by atoms with Gasteiger partial charge in [-0.1, -0.05) is 23.5 Å². The summed E-state index contributed by atoms with van der Waals surface area (Å²) in [6.07, 6.45) is 0. The Labute approximate surface area is 109 Å². The average molecular weight is 269 g/mol. The molecule has 0 saturated carbocycles. The molecule has 1 aromatic heterocycles. The first kappa shape index (κ1) is 12.3. The van der Waals surface area contributed by atoms with Crippen LogP contribution in [0.25, 0.3) is 0 Å². The molecular formula is C12H13ClN2OS. The van der Waals surface area contributed by atoms with Crippen LogP contribution in [-0.4, -0.2) is 10.2 Å². The van der Waals surface area contributed by atoms with Gasteiger partial charge in [-0.25, -0.2) is 0 Å². The van der Waals surface area contributed by atoms with Gasteiger partial charge in [-0.05, 0) is 49.1 Å². The lowest BCUT2D eigenvalue weighted by Crippen LogP contribution is -1.99. The zero-order chi connectivity index (χ0) is 12.4. The van der Waals surface area contributed by atoms with Crippen LogP contribution in [0.2, 0.25) is 4.47 Å². The van der Waals surface area contributed by atoms with E-state index in [4.69, 9.17) is 16.3 Å². The molecule has 0 spiro atoms. The van der Waals surface area contributed by atoms with E-state index in [1.165, 1.54) is 22.5 Å². The Morgan fingerprint density at radius 3 is 2.53 bits per heavy atom. The van der Waals surface area contributed by atoms with Gasteiger partial charge in [-0.3, -0.25) is 0 Å². The summed E-state index contributed by atoms with van der Waals surface area (Å²) in [4.78, 5) is 0. The molecule has 90 valence electrons. The second kappa shape index (κ2) is 5.02. The maximum Gasteiger partial charge on any atom is 0.207 e. The van der Waals surface area contributed by atoms with Crippen molar-refractivity contribution in [2.24, 2.45) is 0 Å². The molecule has 2 rings (SSSR count). The Kier molecular flexibility index (Phi) is 3.64. The van der Waals surface area contributed by atoms with E-state index in [0.29, 0.717) is 11.1 Å². The lowest BCUT2D eigenvalue weighted by Gasteiger charge is -2.12. The Morgan fingerprint density at radius 2 is 1.88 bits per heavy atom. The normalized spacial score (nSPS) is 10.6. The number of aromatic nitrogens is 2. The van der Waals surface area contributed by atoms with Crippen LogP contribution in [-0.2, 0) is 6.61 Å². The van der Waals surface area contributed by atoms with Gasteiger partial charge in [0.05, 0.1) is 0 Å². The zero-order valence-electron chi connectivity index (χ0n) is 9.95. The third kappa shape index (κ3) is 2.76.